The fraction of sp³-hybridized carbons (Fsp3) is 0.0667. The second-order valence-electron chi connectivity index (χ2n) is 4.30. The number of benzene rings is 2. The van der Waals surface area contributed by atoms with Gasteiger partial charge in [-0.05, 0) is 64.9 Å². The minimum Gasteiger partial charge on any atom is -0.332 e. The fourth-order valence-electron chi connectivity index (χ4n) is 1.71. The van der Waals surface area contributed by atoms with Crippen LogP contribution in [0.4, 0.5) is 5.69 Å². The number of hydrogen-bond acceptors (Lipinski definition) is 2. The van der Waals surface area contributed by atoms with Crippen molar-refractivity contribution in [1.82, 2.24) is 5.32 Å². The summed E-state index contributed by atoms with van der Waals surface area (Å²) in [5, 5.41) is 6.47. The molecule has 0 bridgehead atoms. The number of amides is 1. The molecule has 2 aromatic rings. The average Bonchev–Trinajstić information content (AvgIpc) is 2.44. The third-order valence-electron chi connectivity index (χ3n) is 2.86. The normalized spacial score (nSPS) is 10.0. The molecule has 108 valence electrons. The van der Waals surface area contributed by atoms with Crippen molar-refractivity contribution in [2.75, 3.05) is 5.32 Å². The zero-order valence-corrected chi connectivity index (χ0v) is 14.3. The van der Waals surface area contributed by atoms with Gasteiger partial charge in [0.2, 0.25) is 0 Å². The molecule has 0 heterocycles. The van der Waals surface area contributed by atoms with Gasteiger partial charge in [0.15, 0.2) is 5.11 Å². The smallest absolute Gasteiger partial charge is 0.258 e. The molecule has 0 aliphatic carbocycles. The maximum Gasteiger partial charge on any atom is 0.258 e. The predicted octanol–water partition coefficient (Wildman–Crippen LogP) is 4.54. The molecule has 0 saturated heterocycles. The van der Waals surface area contributed by atoms with E-state index >= 15 is 0 Å². The van der Waals surface area contributed by atoms with Gasteiger partial charge in [0.25, 0.3) is 5.91 Å². The number of hydrogen-bond donors (Lipinski definition) is 2. The van der Waals surface area contributed by atoms with E-state index in [4.69, 9.17) is 23.8 Å². The molecule has 0 saturated carbocycles. The van der Waals surface area contributed by atoms with Crippen molar-refractivity contribution in [1.29, 1.82) is 0 Å². The summed E-state index contributed by atoms with van der Waals surface area (Å²) in [5.74, 6) is -0.278. The third-order valence-corrected chi connectivity index (χ3v) is 4.17. The largest absolute Gasteiger partial charge is 0.332 e. The van der Waals surface area contributed by atoms with Gasteiger partial charge in [-0.2, -0.15) is 0 Å². The Morgan fingerprint density at radius 3 is 2.62 bits per heavy atom. The number of nitrogens with one attached hydrogen (secondary N) is 2. The highest BCUT2D eigenvalue weighted by Crippen LogP contribution is 2.23. The second kappa shape index (κ2) is 7.02. The van der Waals surface area contributed by atoms with Crippen LogP contribution >= 0.6 is 39.7 Å². The summed E-state index contributed by atoms with van der Waals surface area (Å²) in [7, 11) is 0. The van der Waals surface area contributed by atoms with Gasteiger partial charge in [-0.1, -0.05) is 29.8 Å². The molecule has 3 nitrogen and oxygen atoms in total. The zero-order chi connectivity index (χ0) is 15.4. The first kappa shape index (κ1) is 15.9. The molecule has 0 aromatic heterocycles. The van der Waals surface area contributed by atoms with Crippen LogP contribution in [0.3, 0.4) is 0 Å². The zero-order valence-electron chi connectivity index (χ0n) is 11.1. The lowest BCUT2D eigenvalue weighted by Gasteiger charge is -2.12. The summed E-state index contributed by atoms with van der Waals surface area (Å²) in [6.07, 6.45) is 0. The highest BCUT2D eigenvalue weighted by Gasteiger charge is 2.11. The Balaban J connectivity index is 2.07. The second-order valence-corrected chi connectivity index (χ2v) is 5.97. The van der Waals surface area contributed by atoms with Gasteiger partial charge in [0.05, 0.1) is 5.56 Å². The van der Waals surface area contributed by atoms with Crippen LogP contribution in [-0.2, 0) is 0 Å². The van der Waals surface area contributed by atoms with Crippen LogP contribution < -0.4 is 10.6 Å². The van der Waals surface area contributed by atoms with Crippen molar-refractivity contribution in [2.45, 2.75) is 6.92 Å². The summed E-state index contributed by atoms with van der Waals surface area (Å²) < 4.78 is 0.712. The van der Waals surface area contributed by atoms with Gasteiger partial charge in [0, 0.05) is 15.2 Å². The first-order valence-electron chi connectivity index (χ1n) is 6.11. The van der Waals surface area contributed by atoms with Crippen LogP contribution in [0.15, 0.2) is 46.9 Å². The topological polar surface area (TPSA) is 41.1 Å². The molecule has 0 radical (unpaired) electrons. The summed E-state index contributed by atoms with van der Waals surface area (Å²) in [6, 6.07) is 12.6. The number of carbonyl (C=O) groups excluding carboxylic acids is 1. The molecule has 21 heavy (non-hydrogen) atoms. The predicted molar refractivity (Wildman–Crippen MR) is 94.0 cm³/mol. The van der Waals surface area contributed by atoms with Crippen LogP contribution in [0.5, 0.6) is 0 Å². The summed E-state index contributed by atoms with van der Waals surface area (Å²) >= 11 is 14.5. The molecule has 0 fully saturated rings. The summed E-state index contributed by atoms with van der Waals surface area (Å²) in [5.41, 5.74) is 2.15. The van der Waals surface area contributed by atoms with Gasteiger partial charge in [0.1, 0.15) is 0 Å². The van der Waals surface area contributed by atoms with Crippen molar-refractivity contribution in [3.05, 3.63) is 63.1 Å². The van der Waals surface area contributed by atoms with Gasteiger partial charge < -0.3 is 5.32 Å². The number of carbonyl (C=O) groups is 1. The van der Waals surface area contributed by atoms with E-state index in [0.29, 0.717) is 15.1 Å². The number of rotatable bonds is 2. The van der Waals surface area contributed by atoms with E-state index in [2.05, 4.69) is 26.6 Å². The number of halogens is 2. The molecule has 0 unspecified atom stereocenters. The van der Waals surface area contributed by atoms with Crippen molar-refractivity contribution >= 4 is 56.5 Å². The Morgan fingerprint density at radius 2 is 1.90 bits per heavy atom. The number of thiocarbonyl (C=S) groups is 1. The molecule has 0 aliphatic heterocycles. The van der Waals surface area contributed by atoms with Gasteiger partial charge >= 0.3 is 0 Å². The Morgan fingerprint density at radius 1 is 1.19 bits per heavy atom. The Hall–Kier alpha value is -1.43. The SMILES string of the molecule is Cc1c(Cl)cccc1NC(=S)NC(=O)c1ccccc1Br. The van der Waals surface area contributed by atoms with E-state index in [-0.39, 0.29) is 11.0 Å². The van der Waals surface area contributed by atoms with Crippen LogP contribution in [0.25, 0.3) is 0 Å². The van der Waals surface area contributed by atoms with E-state index < -0.39 is 0 Å². The molecule has 2 aromatic carbocycles. The number of anilines is 1. The maximum atomic E-state index is 12.1. The molecule has 1 amide bonds. The van der Waals surface area contributed by atoms with Crippen molar-refractivity contribution in [2.24, 2.45) is 0 Å². The molecule has 6 heteroatoms. The fourth-order valence-corrected chi connectivity index (χ4v) is 2.55. The summed E-state index contributed by atoms with van der Waals surface area (Å²) in [4.78, 5) is 12.1. The van der Waals surface area contributed by atoms with Crippen molar-refractivity contribution in [3.63, 3.8) is 0 Å². The van der Waals surface area contributed by atoms with E-state index in [9.17, 15) is 4.79 Å². The standard InChI is InChI=1S/C15H12BrClN2OS/c1-9-12(17)7-4-8-13(9)18-15(21)19-14(20)10-5-2-3-6-11(10)16/h2-8H,1H3,(H2,18,19,20,21). The van der Waals surface area contributed by atoms with Crippen molar-refractivity contribution in [3.8, 4) is 0 Å². The monoisotopic (exact) mass is 382 g/mol. The minimum absolute atomic E-state index is 0.223. The highest BCUT2D eigenvalue weighted by molar-refractivity contribution is 9.10. The first-order chi connectivity index (χ1) is 9.99. The van der Waals surface area contributed by atoms with Crippen LogP contribution in [0.1, 0.15) is 15.9 Å². The van der Waals surface area contributed by atoms with Gasteiger partial charge in [-0.25, -0.2) is 0 Å². The lowest BCUT2D eigenvalue weighted by molar-refractivity contribution is 0.0977. The molecule has 0 spiro atoms. The van der Waals surface area contributed by atoms with E-state index in [1.54, 1.807) is 24.3 Å². The molecular weight excluding hydrogens is 372 g/mol. The Kier molecular flexibility index (Phi) is 5.33. The van der Waals surface area contributed by atoms with Crippen LogP contribution in [0.2, 0.25) is 5.02 Å². The minimum atomic E-state index is -0.278. The van der Waals surface area contributed by atoms with Gasteiger partial charge in [-0.15, -0.1) is 0 Å². The maximum absolute atomic E-state index is 12.1. The summed E-state index contributed by atoms with van der Waals surface area (Å²) in [6.45, 7) is 1.88. The Labute approximate surface area is 141 Å². The Bertz CT molecular complexity index is 706. The lowest BCUT2D eigenvalue weighted by atomic mass is 10.2. The molecule has 2 rings (SSSR count). The van der Waals surface area contributed by atoms with Crippen LogP contribution in [0, 0.1) is 6.92 Å². The van der Waals surface area contributed by atoms with E-state index in [0.717, 1.165) is 11.3 Å². The molecule has 0 atom stereocenters. The quantitative estimate of drug-likeness (QED) is 0.748. The van der Waals surface area contributed by atoms with E-state index in [1.165, 1.54) is 0 Å². The molecular formula is C15H12BrClN2OS. The van der Waals surface area contributed by atoms with E-state index in [1.807, 2.05) is 25.1 Å². The highest BCUT2D eigenvalue weighted by atomic mass is 79.9. The van der Waals surface area contributed by atoms with Gasteiger partial charge in [-0.3, -0.25) is 10.1 Å². The lowest BCUT2D eigenvalue weighted by Crippen LogP contribution is -2.34. The first-order valence-corrected chi connectivity index (χ1v) is 7.69. The molecule has 2 N–H and O–H groups in total. The molecule has 0 aliphatic rings. The average molecular weight is 384 g/mol. The third kappa shape index (κ3) is 4.03. The van der Waals surface area contributed by atoms with Crippen LogP contribution in [-0.4, -0.2) is 11.0 Å². The van der Waals surface area contributed by atoms with Crippen molar-refractivity contribution < 1.29 is 4.79 Å².